The highest BCUT2D eigenvalue weighted by atomic mass is 35.5. The molecule has 37 heavy (non-hydrogen) atoms. The molecule has 0 spiro atoms. The number of hydrogen-bond donors (Lipinski definition) is 1. The van der Waals surface area contributed by atoms with Crippen LogP contribution in [-0.4, -0.2) is 50.0 Å². The molecule has 1 aliphatic rings. The van der Waals surface area contributed by atoms with Gasteiger partial charge in [0.15, 0.2) is 0 Å². The number of hydrogen-bond acceptors (Lipinski definition) is 4. The maximum absolute atomic E-state index is 13.4. The number of benzene rings is 2. The van der Waals surface area contributed by atoms with Crippen LogP contribution in [0.25, 0.3) is 0 Å². The van der Waals surface area contributed by atoms with Gasteiger partial charge >= 0.3 is 0 Å². The second-order valence-electron chi connectivity index (χ2n) is 9.95. The average Bonchev–Trinajstić information content (AvgIpc) is 2.85. The predicted octanol–water partition coefficient (Wildman–Crippen LogP) is 5.06. The highest BCUT2D eigenvalue weighted by Gasteiger charge is 2.28. The number of rotatable bonds is 11. The Morgan fingerprint density at radius 3 is 2.38 bits per heavy atom. The third-order valence-electron chi connectivity index (χ3n) is 6.84. The molecule has 0 aliphatic heterocycles. The van der Waals surface area contributed by atoms with Gasteiger partial charge < -0.3 is 10.2 Å². The maximum Gasteiger partial charge on any atom is 0.242 e. The molecule has 0 aromatic heterocycles. The van der Waals surface area contributed by atoms with Gasteiger partial charge in [0.05, 0.1) is 11.9 Å². The Bertz CT molecular complexity index is 1160. The van der Waals surface area contributed by atoms with Crippen molar-refractivity contribution in [3.05, 3.63) is 64.7 Å². The van der Waals surface area contributed by atoms with E-state index in [1.165, 1.54) is 10.7 Å². The SMILES string of the molecule is Cc1ccc(CN(C(=O)CCCN(c2cccc(Cl)c2)S(C)(=O)=O)[C@H](C)C(=O)NC2CCCCC2)cc1. The normalized spacial score (nSPS) is 15.1. The molecule has 2 aromatic rings. The fourth-order valence-electron chi connectivity index (χ4n) is 4.68. The van der Waals surface area contributed by atoms with Crippen LogP contribution in [0.15, 0.2) is 48.5 Å². The van der Waals surface area contributed by atoms with E-state index in [-0.39, 0.29) is 30.8 Å². The molecule has 202 valence electrons. The Balaban J connectivity index is 1.71. The van der Waals surface area contributed by atoms with Gasteiger partial charge in [0.25, 0.3) is 0 Å². The number of aryl methyl sites for hydroxylation is 1. The van der Waals surface area contributed by atoms with Crippen molar-refractivity contribution in [1.82, 2.24) is 10.2 Å². The standard InChI is InChI=1S/C28H38ClN3O4S/c1-21-14-16-23(17-15-21)20-31(22(2)28(34)30-25-10-5-4-6-11-25)27(33)13-8-18-32(37(3,35)36)26-12-7-9-24(29)19-26/h7,9,12,14-17,19,22,25H,4-6,8,10-11,13,18,20H2,1-3H3,(H,30,34)/t22-/m1/s1. The largest absolute Gasteiger partial charge is 0.352 e. The van der Waals surface area contributed by atoms with Crippen LogP contribution in [0.2, 0.25) is 5.02 Å². The molecule has 1 fully saturated rings. The summed E-state index contributed by atoms with van der Waals surface area (Å²) in [6.45, 7) is 4.20. The van der Waals surface area contributed by atoms with Crippen molar-refractivity contribution in [2.24, 2.45) is 0 Å². The Morgan fingerprint density at radius 2 is 1.76 bits per heavy atom. The topological polar surface area (TPSA) is 86.8 Å². The summed E-state index contributed by atoms with van der Waals surface area (Å²) >= 11 is 6.07. The van der Waals surface area contributed by atoms with E-state index in [4.69, 9.17) is 11.6 Å². The average molecular weight is 548 g/mol. The van der Waals surface area contributed by atoms with Crippen molar-refractivity contribution < 1.29 is 18.0 Å². The number of amides is 2. The van der Waals surface area contributed by atoms with Gasteiger partial charge in [-0.3, -0.25) is 13.9 Å². The number of carbonyl (C=O) groups is 2. The van der Waals surface area contributed by atoms with Crippen LogP contribution in [-0.2, 0) is 26.2 Å². The van der Waals surface area contributed by atoms with E-state index in [2.05, 4.69) is 5.32 Å². The summed E-state index contributed by atoms with van der Waals surface area (Å²) in [6, 6.07) is 14.0. The van der Waals surface area contributed by atoms with Crippen molar-refractivity contribution >= 4 is 39.1 Å². The predicted molar refractivity (Wildman–Crippen MR) is 149 cm³/mol. The van der Waals surface area contributed by atoms with Gasteiger partial charge in [-0.05, 0) is 56.9 Å². The van der Waals surface area contributed by atoms with E-state index in [0.717, 1.165) is 43.1 Å². The lowest BCUT2D eigenvalue weighted by Crippen LogP contribution is -2.50. The molecule has 0 bridgehead atoms. The Labute approximate surface area is 226 Å². The van der Waals surface area contributed by atoms with Crippen molar-refractivity contribution in [1.29, 1.82) is 0 Å². The lowest BCUT2D eigenvalue weighted by atomic mass is 9.95. The first-order valence-electron chi connectivity index (χ1n) is 12.9. The van der Waals surface area contributed by atoms with Crippen molar-refractivity contribution in [2.45, 2.75) is 77.4 Å². The zero-order chi connectivity index (χ0) is 27.0. The molecule has 0 heterocycles. The molecule has 1 N–H and O–H groups in total. The number of sulfonamides is 1. The van der Waals surface area contributed by atoms with Gasteiger partial charge in [0.2, 0.25) is 21.8 Å². The van der Waals surface area contributed by atoms with Crippen LogP contribution in [0.3, 0.4) is 0 Å². The van der Waals surface area contributed by atoms with Crippen LogP contribution < -0.4 is 9.62 Å². The van der Waals surface area contributed by atoms with E-state index in [1.54, 1.807) is 36.1 Å². The molecule has 2 aromatic carbocycles. The zero-order valence-electron chi connectivity index (χ0n) is 22.0. The molecule has 7 nitrogen and oxygen atoms in total. The van der Waals surface area contributed by atoms with Crippen LogP contribution in [0, 0.1) is 6.92 Å². The third kappa shape index (κ3) is 8.75. The quantitative estimate of drug-likeness (QED) is 0.426. The number of nitrogens with zero attached hydrogens (tertiary/aromatic N) is 2. The second-order valence-corrected chi connectivity index (χ2v) is 12.3. The van der Waals surface area contributed by atoms with Crippen molar-refractivity contribution in [2.75, 3.05) is 17.1 Å². The van der Waals surface area contributed by atoms with E-state index in [1.807, 2.05) is 31.2 Å². The minimum absolute atomic E-state index is 0.111. The van der Waals surface area contributed by atoms with Gasteiger partial charge in [-0.1, -0.05) is 66.8 Å². The lowest BCUT2D eigenvalue weighted by molar-refractivity contribution is -0.141. The first kappa shape index (κ1) is 29.0. The summed E-state index contributed by atoms with van der Waals surface area (Å²) in [5.74, 6) is -0.338. The molecule has 1 saturated carbocycles. The molecule has 0 unspecified atom stereocenters. The van der Waals surface area contributed by atoms with E-state index >= 15 is 0 Å². The van der Waals surface area contributed by atoms with E-state index in [0.29, 0.717) is 23.7 Å². The summed E-state index contributed by atoms with van der Waals surface area (Å²) in [5, 5.41) is 3.57. The first-order valence-corrected chi connectivity index (χ1v) is 15.2. The molecular formula is C28H38ClN3O4S. The highest BCUT2D eigenvalue weighted by Crippen LogP contribution is 2.23. The number of halogens is 1. The minimum Gasteiger partial charge on any atom is -0.352 e. The number of carbonyl (C=O) groups excluding carboxylic acids is 2. The highest BCUT2D eigenvalue weighted by molar-refractivity contribution is 7.92. The van der Waals surface area contributed by atoms with Gasteiger partial charge in [0, 0.05) is 30.6 Å². The molecule has 0 radical (unpaired) electrons. The minimum atomic E-state index is -3.57. The molecule has 0 saturated heterocycles. The zero-order valence-corrected chi connectivity index (χ0v) is 23.5. The Hall–Kier alpha value is -2.58. The van der Waals surface area contributed by atoms with Crippen molar-refractivity contribution in [3.8, 4) is 0 Å². The van der Waals surface area contributed by atoms with Gasteiger partial charge in [-0.25, -0.2) is 8.42 Å². The number of anilines is 1. The maximum atomic E-state index is 13.4. The summed E-state index contributed by atoms with van der Waals surface area (Å²) in [5.41, 5.74) is 2.51. The van der Waals surface area contributed by atoms with Crippen LogP contribution in [0.5, 0.6) is 0 Å². The molecule has 1 aliphatic carbocycles. The molecular weight excluding hydrogens is 510 g/mol. The van der Waals surface area contributed by atoms with Gasteiger partial charge in [-0.15, -0.1) is 0 Å². The van der Waals surface area contributed by atoms with Crippen LogP contribution in [0.4, 0.5) is 5.69 Å². The van der Waals surface area contributed by atoms with Crippen molar-refractivity contribution in [3.63, 3.8) is 0 Å². The Morgan fingerprint density at radius 1 is 1.08 bits per heavy atom. The monoisotopic (exact) mass is 547 g/mol. The third-order valence-corrected chi connectivity index (χ3v) is 8.27. The Kier molecular flexibility index (Phi) is 10.4. The van der Waals surface area contributed by atoms with E-state index in [9.17, 15) is 18.0 Å². The summed E-state index contributed by atoms with van der Waals surface area (Å²) < 4.78 is 26.1. The lowest BCUT2D eigenvalue weighted by Gasteiger charge is -2.31. The molecule has 3 rings (SSSR count). The van der Waals surface area contributed by atoms with E-state index < -0.39 is 16.1 Å². The fraction of sp³-hybridized carbons (Fsp3) is 0.500. The molecule has 9 heteroatoms. The molecule has 1 atom stereocenters. The number of nitrogens with one attached hydrogen (secondary N) is 1. The fourth-order valence-corrected chi connectivity index (χ4v) is 5.82. The smallest absolute Gasteiger partial charge is 0.242 e. The first-order chi connectivity index (χ1) is 17.5. The molecule has 2 amide bonds. The second kappa shape index (κ2) is 13.3. The van der Waals surface area contributed by atoms with Crippen LogP contribution >= 0.6 is 11.6 Å². The summed E-state index contributed by atoms with van der Waals surface area (Å²) in [6.07, 6.45) is 6.89. The van der Waals surface area contributed by atoms with Gasteiger partial charge in [-0.2, -0.15) is 0 Å². The van der Waals surface area contributed by atoms with Crippen LogP contribution in [0.1, 0.15) is 63.0 Å². The van der Waals surface area contributed by atoms with Gasteiger partial charge in [0.1, 0.15) is 6.04 Å². The summed E-state index contributed by atoms with van der Waals surface area (Å²) in [7, 11) is -3.57. The summed E-state index contributed by atoms with van der Waals surface area (Å²) in [4.78, 5) is 28.2.